The number of piperidine rings is 1. The standard InChI is InChI=1S/C19H26FN3O3/c1-13-12-23(18(25)21-15-6-4-14(20)5-7-15)11-10-19(13)9-8-16(26-19)17(24)22(2)3/h4-7,13,16H,8-12H2,1-3H3,(H,21,25)/t13-,16?,19+/m1/s1. The first-order valence-corrected chi connectivity index (χ1v) is 9.01. The molecule has 7 heteroatoms. The van der Waals surface area contributed by atoms with E-state index in [0.717, 1.165) is 12.8 Å². The molecule has 6 nitrogen and oxygen atoms in total. The highest BCUT2D eigenvalue weighted by Gasteiger charge is 2.49. The van der Waals surface area contributed by atoms with E-state index in [9.17, 15) is 14.0 Å². The van der Waals surface area contributed by atoms with Gasteiger partial charge in [-0.05, 0) is 43.5 Å². The van der Waals surface area contributed by atoms with Crippen molar-refractivity contribution in [2.75, 3.05) is 32.5 Å². The summed E-state index contributed by atoms with van der Waals surface area (Å²) in [5.41, 5.74) is 0.237. The number of likely N-dealkylation sites (tertiary alicyclic amines) is 1. The molecule has 26 heavy (non-hydrogen) atoms. The van der Waals surface area contributed by atoms with E-state index in [1.54, 1.807) is 36.0 Å². The Labute approximate surface area is 153 Å². The lowest BCUT2D eigenvalue weighted by Gasteiger charge is -2.44. The minimum Gasteiger partial charge on any atom is -0.362 e. The Morgan fingerprint density at radius 1 is 1.27 bits per heavy atom. The van der Waals surface area contributed by atoms with Crippen molar-refractivity contribution in [3.63, 3.8) is 0 Å². The fourth-order valence-electron chi connectivity index (χ4n) is 3.86. The van der Waals surface area contributed by atoms with Crippen LogP contribution in [0.2, 0.25) is 0 Å². The van der Waals surface area contributed by atoms with Crippen molar-refractivity contribution < 1.29 is 18.7 Å². The number of hydrogen-bond donors (Lipinski definition) is 1. The molecule has 3 atom stereocenters. The van der Waals surface area contributed by atoms with Crippen LogP contribution in [-0.4, -0.2) is 60.6 Å². The highest BCUT2D eigenvalue weighted by Crippen LogP contribution is 2.42. The molecule has 0 saturated carbocycles. The molecule has 0 radical (unpaired) electrons. The summed E-state index contributed by atoms with van der Waals surface area (Å²) in [5.74, 6) is -0.197. The van der Waals surface area contributed by atoms with E-state index >= 15 is 0 Å². The van der Waals surface area contributed by atoms with Gasteiger partial charge in [0.25, 0.3) is 5.91 Å². The minimum atomic E-state index is -0.382. The van der Waals surface area contributed by atoms with E-state index in [2.05, 4.69) is 12.2 Å². The summed E-state index contributed by atoms with van der Waals surface area (Å²) < 4.78 is 19.2. The van der Waals surface area contributed by atoms with Crippen molar-refractivity contribution in [2.45, 2.75) is 37.9 Å². The van der Waals surface area contributed by atoms with Crippen LogP contribution in [0.5, 0.6) is 0 Å². The van der Waals surface area contributed by atoms with Crippen LogP contribution >= 0.6 is 0 Å². The van der Waals surface area contributed by atoms with Crippen LogP contribution in [-0.2, 0) is 9.53 Å². The molecule has 2 aliphatic heterocycles. The Balaban J connectivity index is 1.59. The number of likely N-dealkylation sites (N-methyl/N-ethyl adjacent to an activating group) is 1. The second kappa shape index (κ2) is 7.23. The molecule has 2 saturated heterocycles. The molecule has 2 aliphatic rings. The number of ether oxygens (including phenoxy) is 1. The third kappa shape index (κ3) is 3.67. The number of halogens is 1. The molecular weight excluding hydrogens is 337 g/mol. The number of carbonyl (C=O) groups excluding carboxylic acids is 2. The van der Waals surface area contributed by atoms with Gasteiger partial charge in [-0.1, -0.05) is 6.92 Å². The summed E-state index contributed by atoms with van der Waals surface area (Å²) in [6.45, 7) is 3.20. The number of amides is 3. The first-order chi connectivity index (χ1) is 12.3. The molecule has 3 rings (SSSR count). The van der Waals surface area contributed by atoms with Crippen LogP contribution in [0.15, 0.2) is 24.3 Å². The highest BCUT2D eigenvalue weighted by molar-refractivity contribution is 5.89. The third-order valence-corrected chi connectivity index (χ3v) is 5.50. The Morgan fingerprint density at radius 2 is 1.96 bits per heavy atom. The second-order valence-electron chi connectivity index (χ2n) is 7.48. The molecular formula is C19H26FN3O3. The molecule has 1 aromatic rings. The summed E-state index contributed by atoms with van der Waals surface area (Å²) in [4.78, 5) is 28.0. The molecule has 0 aromatic heterocycles. The Morgan fingerprint density at radius 3 is 2.58 bits per heavy atom. The first kappa shape index (κ1) is 18.6. The summed E-state index contributed by atoms with van der Waals surface area (Å²) in [5, 5.41) is 2.80. The number of carbonyl (C=O) groups is 2. The van der Waals surface area contributed by atoms with Crippen molar-refractivity contribution in [3.8, 4) is 0 Å². The van der Waals surface area contributed by atoms with Crippen molar-refractivity contribution in [3.05, 3.63) is 30.1 Å². The molecule has 2 heterocycles. The Kier molecular flexibility index (Phi) is 5.18. The normalized spacial score (nSPS) is 28.2. The number of urea groups is 1. The number of hydrogen-bond acceptors (Lipinski definition) is 3. The maximum atomic E-state index is 13.0. The van der Waals surface area contributed by atoms with Crippen LogP contribution in [0.4, 0.5) is 14.9 Å². The summed E-state index contributed by atoms with van der Waals surface area (Å²) in [7, 11) is 3.48. The van der Waals surface area contributed by atoms with Gasteiger partial charge in [0.2, 0.25) is 0 Å². The molecule has 2 fully saturated rings. The Bertz CT molecular complexity index is 679. The summed E-state index contributed by atoms with van der Waals surface area (Å²) in [6, 6.07) is 5.52. The van der Waals surface area contributed by atoms with Gasteiger partial charge in [0, 0.05) is 38.8 Å². The van der Waals surface area contributed by atoms with Gasteiger partial charge in [0.1, 0.15) is 11.9 Å². The van der Waals surface area contributed by atoms with Crippen LogP contribution in [0.25, 0.3) is 0 Å². The minimum absolute atomic E-state index is 0.00515. The maximum Gasteiger partial charge on any atom is 0.321 e. The lowest BCUT2D eigenvalue weighted by atomic mass is 9.80. The van der Waals surface area contributed by atoms with Gasteiger partial charge in [0.15, 0.2) is 0 Å². The van der Waals surface area contributed by atoms with E-state index < -0.39 is 0 Å². The fraction of sp³-hybridized carbons (Fsp3) is 0.579. The fourth-order valence-corrected chi connectivity index (χ4v) is 3.86. The van der Waals surface area contributed by atoms with E-state index in [4.69, 9.17) is 4.74 Å². The summed E-state index contributed by atoms with van der Waals surface area (Å²) >= 11 is 0. The van der Waals surface area contributed by atoms with Crippen molar-refractivity contribution >= 4 is 17.6 Å². The van der Waals surface area contributed by atoms with Crippen LogP contribution in [0, 0.1) is 11.7 Å². The average Bonchev–Trinajstić information content (AvgIpc) is 3.04. The van der Waals surface area contributed by atoms with Gasteiger partial charge >= 0.3 is 6.03 Å². The smallest absolute Gasteiger partial charge is 0.321 e. The predicted molar refractivity (Wildman–Crippen MR) is 96.3 cm³/mol. The maximum absolute atomic E-state index is 13.0. The Hall–Kier alpha value is -2.15. The SMILES string of the molecule is C[C@@H]1CN(C(=O)Nc2ccc(F)cc2)CC[C@@]12CCC(C(=O)N(C)C)O2. The van der Waals surface area contributed by atoms with Gasteiger partial charge in [-0.25, -0.2) is 9.18 Å². The lowest BCUT2D eigenvalue weighted by Crippen LogP contribution is -2.53. The third-order valence-electron chi connectivity index (χ3n) is 5.50. The van der Waals surface area contributed by atoms with Crippen LogP contribution < -0.4 is 5.32 Å². The molecule has 0 aliphatic carbocycles. The van der Waals surface area contributed by atoms with Gasteiger partial charge in [0.05, 0.1) is 5.60 Å². The number of nitrogens with one attached hydrogen (secondary N) is 1. The lowest BCUT2D eigenvalue weighted by molar-refractivity contribution is -0.153. The van der Waals surface area contributed by atoms with E-state index in [1.165, 1.54) is 12.1 Å². The van der Waals surface area contributed by atoms with E-state index in [0.29, 0.717) is 25.2 Å². The zero-order valence-electron chi connectivity index (χ0n) is 15.5. The quantitative estimate of drug-likeness (QED) is 0.879. The molecule has 142 valence electrons. The number of benzene rings is 1. The number of anilines is 1. The molecule has 0 bridgehead atoms. The largest absolute Gasteiger partial charge is 0.362 e. The molecule has 1 aromatic carbocycles. The van der Waals surface area contributed by atoms with Crippen molar-refractivity contribution in [1.82, 2.24) is 9.80 Å². The van der Waals surface area contributed by atoms with Gasteiger partial charge in [-0.15, -0.1) is 0 Å². The van der Waals surface area contributed by atoms with Gasteiger partial charge < -0.3 is 19.9 Å². The monoisotopic (exact) mass is 363 g/mol. The number of rotatable bonds is 2. The predicted octanol–water partition coefficient (Wildman–Crippen LogP) is 2.71. The summed E-state index contributed by atoms with van der Waals surface area (Å²) in [6.07, 6.45) is 1.89. The highest BCUT2D eigenvalue weighted by atomic mass is 19.1. The molecule has 1 unspecified atom stereocenters. The first-order valence-electron chi connectivity index (χ1n) is 9.01. The molecule has 1 spiro atoms. The molecule has 1 N–H and O–H groups in total. The van der Waals surface area contributed by atoms with Crippen LogP contribution in [0.1, 0.15) is 26.2 Å². The van der Waals surface area contributed by atoms with Crippen LogP contribution in [0.3, 0.4) is 0 Å². The topological polar surface area (TPSA) is 61.9 Å². The molecule has 3 amide bonds. The van der Waals surface area contributed by atoms with Crippen molar-refractivity contribution in [2.24, 2.45) is 5.92 Å². The zero-order valence-corrected chi connectivity index (χ0v) is 15.5. The number of nitrogens with zero attached hydrogens (tertiary/aromatic N) is 2. The van der Waals surface area contributed by atoms with Crippen molar-refractivity contribution in [1.29, 1.82) is 0 Å². The zero-order chi connectivity index (χ0) is 18.9. The second-order valence-corrected chi connectivity index (χ2v) is 7.48. The average molecular weight is 363 g/mol. The van der Waals surface area contributed by atoms with Gasteiger partial charge in [-0.3, -0.25) is 4.79 Å². The van der Waals surface area contributed by atoms with Gasteiger partial charge in [-0.2, -0.15) is 0 Å². The van der Waals surface area contributed by atoms with E-state index in [1.807, 2.05) is 0 Å². The van der Waals surface area contributed by atoms with E-state index in [-0.39, 0.29) is 35.4 Å².